The average molecular weight is 911 g/mol. The molecule has 2 aliphatic rings. The van der Waals surface area contributed by atoms with Crippen molar-refractivity contribution in [3.05, 3.63) is 72.9 Å². The minimum Gasteiger partial charge on any atom is -0.462 e. The molecule has 0 spiro atoms. The van der Waals surface area contributed by atoms with Crippen LogP contribution >= 0.6 is 7.82 Å². The van der Waals surface area contributed by atoms with E-state index in [9.17, 15) is 54.5 Å². The Morgan fingerprint density at radius 1 is 0.841 bits per heavy atom. The monoisotopic (exact) mass is 910 g/mol. The van der Waals surface area contributed by atoms with E-state index >= 15 is 0 Å². The second-order valence-corrected chi connectivity index (χ2v) is 17.6. The fraction of sp³-hybridized carbons (Fsp3) is 0.681. The van der Waals surface area contributed by atoms with Gasteiger partial charge in [0.2, 0.25) is 0 Å². The summed E-state index contributed by atoms with van der Waals surface area (Å²) < 4.78 is 34.6. The zero-order valence-electron chi connectivity index (χ0n) is 37.2. The number of ether oxygens (including phenoxy) is 2. The molecule has 0 fully saturated rings. The molecule has 7 N–H and O–H groups in total. The molecule has 1 aliphatic carbocycles. The number of aliphatic hydroxyl groups excluding tert-OH is 6. The zero-order valence-corrected chi connectivity index (χ0v) is 38.1. The first kappa shape index (κ1) is 56.1. The summed E-state index contributed by atoms with van der Waals surface area (Å²) in [5.41, 5.74) is 0. The van der Waals surface area contributed by atoms with Gasteiger partial charge in [-0.3, -0.25) is 23.4 Å². The number of aliphatic hydroxyl groups is 6. The van der Waals surface area contributed by atoms with Crippen LogP contribution in [0.1, 0.15) is 129 Å². The number of phosphoric ester groups is 1. The smallest absolute Gasteiger partial charge is 0.462 e. The van der Waals surface area contributed by atoms with Crippen LogP contribution in [0, 0.1) is 11.8 Å². The Kier molecular flexibility index (Phi) is 29.0. The van der Waals surface area contributed by atoms with Crippen LogP contribution in [-0.4, -0.2) is 115 Å². The van der Waals surface area contributed by atoms with Crippen LogP contribution in [0.25, 0.3) is 0 Å². The Hall–Kier alpha value is -3.08. The van der Waals surface area contributed by atoms with Crippen LogP contribution < -0.4 is 0 Å². The number of cyclic esters (lactones) is 1. The highest BCUT2D eigenvalue weighted by molar-refractivity contribution is 7.47. The van der Waals surface area contributed by atoms with E-state index in [1.165, 1.54) is 18.2 Å². The van der Waals surface area contributed by atoms with Crippen LogP contribution in [0.15, 0.2) is 72.9 Å². The van der Waals surface area contributed by atoms with Gasteiger partial charge in [-0.15, -0.1) is 0 Å². The predicted octanol–water partition coefficient (Wildman–Crippen LogP) is 6.34. The van der Waals surface area contributed by atoms with Gasteiger partial charge in [0, 0.05) is 18.8 Å². The van der Waals surface area contributed by atoms with Crippen molar-refractivity contribution in [2.75, 3.05) is 13.2 Å². The van der Waals surface area contributed by atoms with Gasteiger partial charge in [0.05, 0.1) is 30.8 Å². The second kappa shape index (κ2) is 32.6. The molecular formula is C47H75O15P. The van der Waals surface area contributed by atoms with Crippen LogP contribution in [0.3, 0.4) is 0 Å². The number of carbonyl (C=O) groups is 3. The van der Waals surface area contributed by atoms with Crippen LogP contribution in [0.5, 0.6) is 0 Å². The first-order valence-electron chi connectivity index (χ1n) is 22.8. The summed E-state index contributed by atoms with van der Waals surface area (Å²) in [5, 5.41) is 67.0. The molecule has 1 unspecified atom stereocenters. The van der Waals surface area contributed by atoms with Crippen molar-refractivity contribution >= 4 is 25.5 Å². The van der Waals surface area contributed by atoms with Crippen molar-refractivity contribution < 1.29 is 73.0 Å². The molecule has 0 saturated heterocycles. The second-order valence-electron chi connectivity index (χ2n) is 16.2. The number of carbonyl (C=O) groups excluding carboxylic acids is 3. The third-order valence-electron chi connectivity index (χ3n) is 10.8. The van der Waals surface area contributed by atoms with Gasteiger partial charge < -0.3 is 45.0 Å². The summed E-state index contributed by atoms with van der Waals surface area (Å²) >= 11 is 0. The number of esters is 2. The first-order valence-corrected chi connectivity index (χ1v) is 24.3. The first-order chi connectivity index (χ1) is 30.2. The highest BCUT2D eigenvalue weighted by Gasteiger charge is 2.47. The molecule has 0 radical (unpaired) electrons. The lowest BCUT2D eigenvalue weighted by atomic mass is 9.87. The molecule has 0 saturated carbocycles. The number of rotatable bonds is 20. The number of hydrogen-bond acceptors (Lipinski definition) is 14. The van der Waals surface area contributed by atoms with Crippen molar-refractivity contribution in [1.29, 1.82) is 0 Å². The van der Waals surface area contributed by atoms with E-state index in [1.807, 2.05) is 6.92 Å². The number of hydrogen-bond donors (Lipinski definition) is 7. The fourth-order valence-corrected chi connectivity index (χ4v) is 7.95. The minimum atomic E-state index is -5.42. The summed E-state index contributed by atoms with van der Waals surface area (Å²) in [6.07, 6.45) is 17.0. The summed E-state index contributed by atoms with van der Waals surface area (Å²) in [6, 6.07) is 0. The Labute approximate surface area is 373 Å². The van der Waals surface area contributed by atoms with Crippen LogP contribution in [0.4, 0.5) is 0 Å². The Morgan fingerprint density at radius 3 is 2.25 bits per heavy atom. The highest BCUT2D eigenvalue weighted by Crippen LogP contribution is 2.47. The Morgan fingerprint density at radius 2 is 1.52 bits per heavy atom. The molecule has 2 bridgehead atoms. The van der Waals surface area contributed by atoms with E-state index in [2.05, 4.69) is 43.4 Å². The maximum absolute atomic E-state index is 13.6. The van der Waals surface area contributed by atoms with Crippen LogP contribution in [-0.2, 0) is 37.5 Å². The molecule has 0 aromatic heterocycles. The quantitative estimate of drug-likeness (QED) is 0.0305. The van der Waals surface area contributed by atoms with E-state index in [0.717, 1.165) is 70.3 Å². The van der Waals surface area contributed by atoms with Gasteiger partial charge in [-0.25, -0.2) is 4.57 Å². The number of ketones is 1. The summed E-state index contributed by atoms with van der Waals surface area (Å²) in [7, 11) is -5.42. The Balaban J connectivity index is 2.20. The number of phosphoric acid groups is 1. The molecule has 0 aromatic carbocycles. The summed E-state index contributed by atoms with van der Waals surface area (Å²) in [4.78, 5) is 49.9. The van der Waals surface area contributed by atoms with Gasteiger partial charge in [0.25, 0.3) is 0 Å². The molecule has 16 heteroatoms. The standard InChI is InChI=1S/C47H75O15P/c1-3-5-7-8-9-10-11-12-13-14-15-16-17-18-24-28-41(51)61-37-33-59-40(50)27-23-20-19-22-25-35-29-32-39(49)38(31-30-36(48)26-21-6-4-2)43(53)45(55)47(46(56)44(54)42(35)52)62-63(57,58)60-34-37/h5,7,9-10,12-13,19,22,29-32,35-38,42-48,52-56H,3-4,6,8,11,14-18,20-21,23-28,33-34H2,1-2H3,(H,57,58)/b7-5-,10-9-,13-12-,22-19-,31-30+,32-29-/t35-,36-,37+,38-,42+,43+,44-,45+,46+,47+/m0/s1. The molecule has 1 heterocycles. The van der Waals surface area contributed by atoms with Crippen molar-refractivity contribution in [1.82, 2.24) is 0 Å². The van der Waals surface area contributed by atoms with Gasteiger partial charge in [0.1, 0.15) is 31.0 Å². The SMILES string of the molecule is CC/C=C\C/C=C\C/C=C\CCCCCCCC(=O)O[C@@H]1COC(=O)CCC/C=C\C[C@H]2/C=C\C(=O)[C@H](/C=C/[C@@H](O)CCCCC)[C@@H](O)[C@@H](O)[C@@H](OP(=O)(O)OC1)[C@H](O)[C@@H](O)[C@@H]2O. The normalized spacial score (nSPS) is 31.5. The van der Waals surface area contributed by atoms with Crippen molar-refractivity contribution in [3.63, 3.8) is 0 Å². The number of unbranched alkanes of at least 4 members (excludes halogenated alkanes) is 7. The van der Waals surface area contributed by atoms with E-state index in [0.29, 0.717) is 32.1 Å². The summed E-state index contributed by atoms with van der Waals surface area (Å²) in [5.74, 6) is -4.69. The summed E-state index contributed by atoms with van der Waals surface area (Å²) in [6.45, 7) is 2.71. The largest absolute Gasteiger partial charge is 0.472 e. The molecule has 358 valence electrons. The van der Waals surface area contributed by atoms with E-state index in [1.54, 1.807) is 12.2 Å². The molecule has 2 rings (SSSR count). The molecule has 1 aliphatic heterocycles. The predicted molar refractivity (Wildman–Crippen MR) is 239 cm³/mol. The van der Waals surface area contributed by atoms with Crippen molar-refractivity contribution in [3.8, 4) is 0 Å². The van der Waals surface area contributed by atoms with Gasteiger partial charge in [-0.2, -0.15) is 0 Å². The fourth-order valence-electron chi connectivity index (χ4n) is 6.97. The highest BCUT2D eigenvalue weighted by atomic mass is 31.2. The lowest BCUT2D eigenvalue weighted by molar-refractivity contribution is -0.164. The molecule has 15 nitrogen and oxygen atoms in total. The maximum atomic E-state index is 13.6. The minimum absolute atomic E-state index is 0.0161. The number of fused-ring (bicyclic) bond motifs is 4. The van der Waals surface area contributed by atoms with Gasteiger partial charge in [0.15, 0.2) is 11.9 Å². The average Bonchev–Trinajstić information content (AvgIpc) is 3.26. The van der Waals surface area contributed by atoms with Crippen LogP contribution in [0.2, 0.25) is 0 Å². The lowest BCUT2D eigenvalue weighted by Gasteiger charge is -2.36. The molecular weight excluding hydrogens is 835 g/mol. The third kappa shape index (κ3) is 23.6. The van der Waals surface area contributed by atoms with Gasteiger partial charge in [-0.1, -0.05) is 119 Å². The van der Waals surface area contributed by atoms with Crippen molar-refractivity contribution in [2.24, 2.45) is 11.8 Å². The van der Waals surface area contributed by atoms with Gasteiger partial charge >= 0.3 is 19.8 Å². The van der Waals surface area contributed by atoms with Crippen molar-refractivity contribution in [2.45, 2.75) is 178 Å². The number of allylic oxidation sites excluding steroid dienone is 9. The Bertz CT molecular complexity index is 1540. The topological polar surface area (TPSA) is 247 Å². The third-order valence-corrected chi connectivity index (χ3v) is 11.8. The molecule has 11 atom stereocenters. The lowest BCUT2D eigenvalue weighted by Crippen LogP contribution is -2.55. The van der Waals surface area contributed by atoms with Gasteiger partial charge in [-0.05, 0) is 70.3 Å². The zero-order chi connectivity index (χ0) is 46.5. The molecule has 0 aromatic rings. The van der Waals surface area contributed by atoms with E-state index in [4.69, 9.17) is 18.5 Å². The molecule has 0 amide bonds. The van der Waals surface area contributed by atoms with E-state index in [-0.39, 0.29) is 19.3 Å². The molecule has 63 heavy (non-hydrogen) atoms. The van der Waals surface area contributed by atoms with E-state index < -0.39 is 99.4 Å². The maximum Gasteiger partial charge on any atom is 0.472 e.